The predicted molar refractivity (Wildman–Crippen MR) is 199 cm³/mol. The number of Topliss-reactive ketones (excluding diaryl/α,β-unsaturated/α-hetero) is 1. The maximum atomic E-state index is 12.5. The number of ether oxygens (including phenoxy) is 1. The summed E-state index contributed by atoms with van der Waals surface area (Å²) >= 11 is 1.21. The van der Waals surface area contributed by atoms with Gasteiger partial charge in [0.25, 0.3) is 5.69 Å². The molecule has 0 aliphatic heterocycles. The third-order valence-corrected chi connectivity index (χ3v) is 8.89. The van der Waals surface area contributed by atoms with Gasteiger partial charge in [0.1, 0.15) is 17.2 Å². The molecule has 1 unspecified atom stereocenters. The number of aromatic nitrogens is 1. The van der Waals surface area contributed by atoms with Crippen LogP contribution in [0.5, 0.6) is 5.75 Å². The molecular weight excluding hydrogens is 673 g/mol. The number of aryl methyl sites for hydroxylation is 1. The van der Waals surface area contributed by atoms with Gasteiger partial charge in [-0.1, -0.05) is 24.2 Å². The van der Waals surface area contributed by atoms with Crippen molar-refractivity contribution in [1.82, 2.24) is 10.3 Å². The van der Waals surface area contributed by atoms with E-state index >= 15 is 0 Å². The van der Waals surface area contributed by atoms with Crippen molar-refractivity contribution in [2.24, 2.45) is 20.5 Å². The zero-order valence-electron chi connectivity index (χ0n) is 30.1. The van der Waals surface area contributed by atoms with E-state index in [4.69, 9.17) is 6.11 Å². The molecular formula is C36H44N8O6S. The van der Waals surface area contributed by atoms with Crippen molar-refractivity contribution in [3.8, 4) is 5.75 Å². The fourth-order valence-electron chi connectivity index (χ4n) is 5.14. The second kappa shape index (κ2) is 19.3. The fourth-order valence-corrected chi connectivity index (χ4v) is 5.96. The highest BCUT2D eigenvalue weighted by Gasteiger charge is 2.13. The average molecular weight is 718 g/mol. The zero-order valence-corrected chi connectivity index (χ0v) is 29.9. The van der Waals surface area contributed by atoms with Crippen LogP contribution in [0.2, 0.25) is 0 Å². The van der Waals surface area contributed by atoms with E-state index < -0.39 is 11.0 Å². The number of fused-ring (bicyclic) bond motifs is 1. The van der Waals surface area contributed by atoms with Crippen LogP contribution in [0.3, 0.4) is 0 Å². The molecule has 0 aliphatic rings. The number of carbonyl (C=O) groups is 2. The van der Waals surface area contributed by atoms with E-state index in [1.54, 1.807) is 18.2 Å². The number of hydrogen-bond donors (Lipinski definition) is 2. The molecule has 14 nitrogen and oxygen atoms in total. The Hall–Kier alpha value is -5.15. The summed E-state index contributed by atoms with van der Waals surface area (Å²) in [5, 5.41) is 40.8. The molecule has 0 aliphatic carbocycles. The number of methoxy groups -OCH3 is 1. The smallest absolute Gasteiger partial charge is 0.270 e. The number of unbranched alkanes of at least 4 members (excludes halogenated alkanes) is 3. The number of azo groups is 2. The SMILES string of the molecule is [2H]CC(O)CNC(=O)CCCCCCC(=O)CCN(CC)c1ccc(N=Nc2cc(C)c(N=Nc3nc4ccc([N+](=O)[O-])cc4s3)cc2OC)cc1. The molecule has 51 heavy (non-hydrogen) atoms. The second-order valence-corrected chi connectivity index (χ2v) is 12.9. The number of ketones is 1. The number of rotatable bonds is 20. The second-order valence-electron chi connectivity index (χ2n) is 11.9. The first kappa shape index (κ1) is 37.1. The molecule has 0 radical (unpaired) electrons. The lowest BCUT2D eigenvalue weighted by atomic mass is 10.1. The topological polar surface area (TPSA) is 184 Å². The molecule has 1 aromatic heterocycles. The number of thiazole rings is 1. The number of anilines is 1. The molecule has 1 heterocycles. The number of hydrogen-bond acceptors (Lipinski definition) is 13. The van der Waals surface area contributed by atoms with E-state index in [1.807, 2.05) is 38.1 Å². The van der Waals surface area contributed by atoms with E-state index in [2.05, 4.69) is 35.7 Å². The molecule has 0 saturated heterocycles. The molecule has 1 atom stereocenters. The van der Waals surface area contributed by atoms with Gasteiger partial charge in [0.15, 0.2) is 0 Å². The van der Waals surface area contributed by atoms with Crippen molar-refractivity contribution in [2.75, 3.05) is 31.6 Å². The van der Waals surface area contributed by atoms with Crippen LogP contribution in [0.1, 0.15) is 65.7 Å². The lowest BCUT2D eigenvalue weighted by Gasteiger charge is -2.22. The normalized spacial score (nSPS) is 12.4. The first-order valence-electron chi connectivity index (χ1n) is 17.5. The quantitative estimate of drug-likeness (QED) is 0.0392. The summed E-state index contributed by atoms with van der Waals surface area (Å²) in [6.45, 7) is 5.25. The van der Waals surface area contributed by atoms with Crippen molar-refractivity contribution in [1.29, 1.82) is 0 Å². The highest BCUT2D eigenvalue weighted by Crippen LogP contribution is 2.38. The van der Waals surface area contributed by atoms with E-state index in [-0.39, 0.29) is 30.8 Å². The number of aliphatic hydroxyl groups is 1. The van der Waals surface area contributed by atoms with Crippen LogP contribution in [-0.2, 0) is 9.59 Å². The predicted octanol–water partition coefficient (Wildman–Crippen LogP) is 8.98. The molecule has 4 aromatic rings. The van der Waals surface area contributed by atoms with Crippen LogP contribution in [0.25, 0.3) is 10.2 Å². The minimum Gasteiger partial charge on any atom is -0.494 e. The molecule has 0 bridgehead atoms. The number of non-ortho nitro benzene ring substituents is 1. The molecule has 4 rings (SSSR count). The summed E-state index contributed by atoms with van der Waals surface area (Å²) in [6, 6.07) is 15.6. The molecule has 0 spiro atoms. The summed E-state index contributed by atoms with van der Waals surface area (Å²) in [5.74, 6) is 0.555. The molecule has 270 valence electrons. The molecule has 3 aromatic carbocycles. The Balaban J connectivity index is 1.25. The van der Waals surface area contributed by atoms with Crippen LogP contribution in [0, 0.1) is 17.0 Å². The number of aliphatic hydroxyl groups excluding tert-OH is 1. The van der Waals surface area contributed by atoms with E-state index in [0.29, 0.717) is 64.0 Å². The summed E-state index contributed by atoms with van der Waals surface area (Å²) in [6.07, 6.45) is 3.79. The number of benzene rings is 3. The number of nitrogens with zero attached hydrogens (tertiary/aromatic N) is 7. The van der Waals surface area contributed by atoms with Crippen LogP contribution in [0.15, 0.2) is 75.1 Å². The summed E-state index contributed by atoms with van der Waals surface area (Å²) < 4.78 is 13.3. The summed E-state index contributed by atoms with van der Waals surface area (Å²) in [7, 11) is 1.53. The van der Waals surface area contributed by atoms with Gasteiger partial charge >= 0.3 is 0 Å². The zero-order chi connectivity index (χ0) is 37.5. The Kier molecular flexibility index (Phi) is 14.0. The summed E-state index contributed by atoms with van der Waals surface area (Å²) in [4.78, 5) is 41.5. The average Bonchev–Trinajstić information content (AvgIpc) is 3.57. The molecule has 15 heteroatoms. The largest absolute Gasteiger partial charge is 0.494 e. The van der Waals surface area contributed by atoms with Gasteiger partial charge in [-0.05, 0) is 75.6 Å². The van der Waals surface area contributed by atoms with Crippen LogP contribution < -0.4 is 15.0 Å². The van der Waals surface area contributed by atoms with Crippen molar-refractivity contribution >= 4 is 66.8 Å². The highest BCUT2D eigenvalue weighted by atomic mass is 32.1. The van der Waals surface area contributed by atoms with Gasteiger partial charge in [0.2, 0.25) is 11.0 Å². The number of nitro groups is 1. The lowest BCUT2D eigenvalue weighted by molar-refractivity contribution is -0.384. The monoisotopic (exact) mass is 717 g/mol. The van der Waals surface area contributed by atoms with Gasteiger partial charge in [-0.2, -0.15) is 5.11 Å². The van der Waals surface area contributed by atoms with E-state index in [0.717, 1.165) is 43.5 Å². The van der Waals surface area contributed by atoms with Gasteiger partial charge in [-0.15, -0.1) is 15.3 Å². The number of nitrogens with one attached hydrogen (secondary N) is 1. The number of nitro benzene ring substituents is 1. The lowest BCUT2D eigenvalue weighted by Crippen LogP contribution is -2.30. The van der Waals surface area contributed by atoms with E-state index in [1.165, 1.54) is 30.6 Å². The molecule has 0 fully saturated rings. The van der Waals surface area contributed by atoms with Gasteiger partial charge in [0, 0.05) is 64.2 Å². The Morgan fingerprint density at radius 3 is 2.47 bits per heavy atom. The first-order valence-corrected chi connectivity index (χ1v) is 17.6. The van der Waals surface area contributed by atoms with Crippen molar-refractivity contribution in [3.05, 3.63) is 70.3 Å². The number of carbonyl (C=O) groups excluding carboxylic acids is 2. The summed E-state index contributed by atoms with van der Waals surface area (Å²) in [5.41, 5.74) is 4.10. The Labute approximate surface area is 302 Å². The maximum absolute atomic E-state index is 12.5. The maximum Gasteiger partial charge on any atom is 0.270 e. The van der Waals surface area contributed by atoms with Crippen LogP contribution in [0.4, 0.5) is 33.6 Å². The van der Waals surface area contributed by atoms with Crippen LogP contribution in [-0.4, -0.2) is 59.6 Å². The Morgan fingerprint density at radius 2 is 1.76 bits per heavy atom. The fraction of sp³-hybridized carbons (Fsp3) is 0.417. The van der Waals surface area contributed by atoms with Gasteiger partial charge in [-0.3, -0.25) is 19.7 Å². The van der Waals surface area contributed by atoms with E-state index in [9.17, 15) is 24.8 Å². The van der Waals surface area contributed by atoms with Gasteiger partial charge in [-0.25, -0.2) is 4.98 Å². The van der Waals surface area contributed by atoms with Crippen molar-refractivity contribution < 1.29 is 25.7 Å². The van der Waals surface area contributed by atoms with Gasteiger partial charge < -0.3 is 20.1 Å². The molecule has 2 N–H and O–H groups in total. The third-order valence-electron chi connectivity index (χ3n) is 7.99. The first-order chi connectivity index (χ1) is 25.1. The third kappa shape index (κ3) is 12.0. The Bertz CT molecular complexity index is 1880. The minimum absolute atomic E-state index is 0.00830. The minimum atomic E-state index is -0.829. The van der Waals surface area contributed by atoms with Gasteiger partial charge in [0.05, 0.1) is 39.7 Å². The number of amides is 1. The Morgan fingerprint density at radius 1 is 1.02 bits per heavy atom. The molecule has 1 amide bonds. The van der Waals surface area contributed by atoms with Crippen molar-refractivity contribution in [3.63, 3.8) is 0 Å². The molecule has 0 saturated carbocycles. The van der Waals surface area contributed by atoms with Crippen LogP contribution >= 0.6 is 11.3 Å². The van der Waals surface area contributed by atoms with Crippen molar-refractivity contribution in [2.45, 2.75) is 71.8 Å². The standard InChI is InChI=1S/C36H44N8O6S/c1-5-43(19-18-29(46)10-8-6-7-9-11-35(47)37-23-25(3)45)27-14-12-26(13-15-27)39-41-32-20-24(2)31(22-33(32)50-4)40-42-36-38-30-17-16-28(44(48)49)21-34(30)51-36/h12-17,20-22,25,45H,5-11,18-19,23H2,1-4H3,(H,37,47)/i3D. The highest BCUT2D eigenvalue weighted by molar-refractivity contribution is 7.21.